The first kappa shape index (κ1) is 20.8. The summed E-state index contributed by atoms with van der Waals surface area (Å²) < 4.78 is 5.44. The van der Waals surface area contributed by atoms with Gasteiger partial charge in [0.25, 0.3) is 5.91 Å². The fourth-order valence-corrected chi connectivity index (χ4v) is 5.04. The van der Waals surface area contributed by atoms with Crippen LogP contribution in [0.3, 0.4) is 0 Å². The normalized spacial score (nSPS) is 27.4. The van der Waals surface area contributed by atoms with Crippen LogP contribution in [0.5, 0.6) is 5.75 Å². The molecule has 1 N–H and O–H groups in total. The van der Waals surface area contributed by atoms with Gasteiger partial charge >= 0.3 is 0 Å². The van der Waals surface area contributed by atoms with Crippen LogP contribution in [-0.2, 0) is 14.4 Å². The summed E-state index contributed by atoms with van der Waals surface area (Å²) in [7, 11) is 0. The lowest BCUT2D eigenvalue weighted by molar-refractivity contribution is -0.920. The third kappa shape index (κ3) is 4.21. The molecule has 3 saturated heterocycles. The maximum absolute atomic E-state index is 13.1. The molecule has 0 saturated carbocycles. The summed E-state index contributed by atoms with van der Waals surface area (Å²) in [4.78, 5) is 43.0. The molecule has 1 aromatic carbocycles. The number of hydrogen-bond acceptors (Lipinski definition) is 4. The molecule has 4 rings (SSSR count). The number of carbonyl (C=O) groups excluding carboxylic acids is 3. The molecule has 3 heterocycles. The van der Waals surface area contributed by atoms with Crippen LogP contribution in [0.2, 0.25) is 0 Å². The Morgan fingerprint density at radius 2 is 1.73 bits per heavy atom. The van der Waals surface area contributed by atoms with E-state index >= 15 is 0 Å². The van der Waals surface area contributed by atoms with Crippen LogP contribution >= 0.6 is 0 Å². The molecule has 7 heteroatoms. The van der Waals surface area contributed by atoms with Gasteiger partial charge in [-0.3, -0.25) is 14.4 Å². The number of quaternary nitrogens is 1. The molecule has 0 aliphatic carbocycles. The van der Waals surface area contributed by atoms with Crippen molar-refractivity contribution in [2.45, 2.75) is 51.5 Å². The predicted molar refractivity (Wildman–Crippen MR) is 112 cm³/mol. The Bertz CT molecular complexity index is 780. The van der Waals surface area contributed by atoms with E-state index in [-0.39, 0.29) is 30.2 Å². The van der Waals surface area contributed by atoms with Crippen molar-refractivity contribution >= 4 is 23.4 Å². The van der Waals surface area contributed by atoms with Crippen molar-refractivity contribution in [2.24, 2.45) is 5.92 Å². The van der Waals surface area contributed by atoms with Crippen molar-refractivity contribution in [3.63, 3.8) is 0 Å². The number of anilines is 1. The number of rotatable bonds is 5. The van der Waals surface area contributed by atoms with E-state index in [4.69, 9.17) is 4.74 Å². The lowest BCUT2D eigenvalue weighted by atomic mass is 9.93. The van der Waals surface area contributed by atoms with Crippen LogP contribution in [-0.4, -0.2) is 61.4 Å². The Morgan fingerprint density at radius 1 is 1.07 bits per heavy atom. The number of benzene rings is 1. The van der Waals surface area contributed by atoms with Crippen molar-refractivity contribution in [1.82, 2.24) is 4.90 Å². The van der Waals surface area contributed by atoms with Gasteiger partial charge < -0.3 is 14.5 Å². The van der Waals surface area contributed by atoms with Gasteiger partial charge in [0.2, 0.25) is 11.8 Å². The van der Waals surface area contributed by atoms with Gasteiger partial charge in [0, 0.05) is 31.8 Å². The maximum atomic E-state index is 13.1. The van der Waals surface area contributed by atoms with Gasteiger partial charge in [-0.05, 0) is 50.5 Å². The number of nitrogens with zero attached hydrogens (tertiary/aromatic N) is 2. The summed E-state index contributed by atoms with van der Waals surface area (Å²) >= 11 is 0. The Hall–Kier alpha value is -2.41. The Morgan fingerprint density at radius 3 is 2.37 bits per heavy atom. The Kier molecular flexibility index (Phi) is 6.37. The number of imide groups is 1. The number of likely N-dealkylation sites (tertiary alicyclic amines) is 2. The van der Waals surface area contributed by atoms with Crippen LogP contribution in [0, 0.1) is 5.92 Å². The largest absolute Gasteiger partial charge is 0.494 e. The minimum atomic E-state index is -0.338. The summed E-state index contributed by atoms with van der Waals surface area (Å²) in [5, 5.41) is 0. The van der Waals surface area contributed by atoms with E-state index in [1.54, 1.807) is 24.3 Å². The fraction of sp³-hybridized carbons (Fsp3) is 0.609. The highest BCUT2D eigenvalue weighted by Gasteiger charge is 2.47. The molecule has 162 valence electrons. The fourth-order valence-electron chi connectivity index (χ4n) is 5.04. The third-order valence-electron chi connectivity index (χ3n) is 6.69. The van der Waals surface area contributed by atoms with E-state index in [1.165, 1.54) is 11.3 Å². The van der Waals surface area contributed by atoms with Crippen LogP contribution in [0.1, 0.15) is 45.4 Å². The summed E-state index contributed by atoms with van der Waals surface area (Å²) in [5.41, 5.74) is 0.602. The molecule has 1 aromatic rings. The first-order chi connectivity index (χ1) is 14.6. The van der Waals surface area contributed by atoms with Gasteiger partial charge in [0.1, 0.15) is 5.75 Å². The molecule has 7 nitrogen and oxygen atoms in total. The summed E-state index contributed by atoms with van der Waals surface area (Å²) in [6.07, 6.45) is 5.27. The Labute approximate surface area is 177 Å². The SMILES string of the molecule is CCOc1ccc(N2C(=O)C[C@@H]([NH+]3CCC(C(=O)N4CCCCC4)CC3)C2=O)cc1. The predicted octanol–water partition coefficient (Wildman–Crippen LogP) is 1.02. The number of hydrogen-bond donors (Lipinski definition) is 1. The smallest absolute Gasteiger partial charge is 0.292 e. The standard InChI is InChI=1S/C23H31N3O4/c1-2-30-19-8-6-18(7-9-19)26-21(27)16-20(23(26)29)24-14-10-17(11-15-24)22(28)25-12-4-3-5-13-25/h6-9,17,20H,2-5,10-16H2,1H3/p+1/t20-/m1/s1. The monoisotopic (exact) mass is 414 g/mol. The molecular weight excluding hydrogens is 382 g/mol. The summed E-state index contributed by atoms with van der Waals surface area (Å²) in [5.74, 6) is 0.816. The molecule has 0 bridgehead atoms. The molecule has 0 radical (unpaired) electrons. The van der Waals surface area contributed by atoms with E-state index in [0.717, 1.165) is 62.5 Å². The number of piperidine rings is 2. The zero-order chi connectivity index (χ0) is 21.1. The summed E-state index contributed by atoms with van der Waals surface area (Å²) in [6, 6.07) is 6.77. The van der Waals surface area contributed by atoms with Crippen molar-refractivity contribution in [3.8, 4) is 5.75 Å². The van der Waals surface area contributed by atoms with Crippen LogP contribution in [0.25, 0.3) is 0 Å². The number of nitrogens with one attached hydrogen (secondary N) is 1. The van der Waals surface area contributed by atoms with Crippen molar-refractivity contribution in [1.29, 1.82) is 0 Å². The third-order valence-corrected chi connectivity index (χ3v) is 6.69. The average Bonchev–Trinajstić information content (AvgIpc) is 3.09. The number of ether oxygens (including phenoxy) is 1. The van der Waals surface area contributed by atoms with Crippen LogP contribution in [0.15, 0.2) is 24.3 Å². The van der Waals surface area contributed by atoms with Crippen LogP contribution < -0.4 is 14.5 Å². The second-order valence-electron chi connectivity index (χ2n) is 8.57. The van der Waals surface area contributed by atoms with Gasteiger partial charge in [0.05, 0.1) is 31.8 Å². The van der Waals surface area contributed by atoms with E-state index in [2.05, 4.69) is 0 Å². The van der Waals surface area contributed by atoms with Gasteiger partial charge in [-0.25, -0.2) is 4.90 Å². The van der Waals surface area contributed by atoms with Crippen LogP contribution in [0.4, 0.5) is 5.69 Å². The molecule has 3 aliphatic heterocycles. The van der Waals surface area contributed by atoms with Crippen molar-refractivity contribution in [3.05, 3.63) is 24.3 Å². The molecule has 0 aromatic heterocycles. The second-order valence-corrected chi connectivity index (χ2v) is 8.57. The lowest BCUT2D eigenvalue weighted by Gasteiger charge is -2.35. The number of amides is 3. The van der Waals surface area contributed by atoms with E-state index < -0.39 is 0 Å². The summed E-state index contributed by atoms with van der Waals surface area (Å²) in [6.45, 7) is 5.80. The molecule has 0 unspecified atom stereocenters. The second kappa shape index (κ2) is 9.16. The minimum Gasteiger partial charge on any atom is -0.494 e. The molecule has 3 fully saturated rings. The van der Waals surface area contributed by atoms with Gasteiger partial charge in [0.15, 0.2) is 6.04 Å². The van der Waals surface area contributed by atoms with Gasteiger partial charge in [-0.1, -0.05) is 0 Å². The average molecular weight is 415 g/mol. The maximum Gasteiger partial charge on any atom is 0.292 e. The van der Waals surface area contributed by atoms with Crippen molar-refractivity contribution in [2.75, 3.05) is 37.7 Å². The highest BCUT2D eigenvalue weighted by molar-refractivity contribution is 6.21. The first-order valence-electron chi connectivity index (χ1n) is 11.3. The number of carbonyl (C=O) groups is 3. The van der Waals surface area contributed by atoms with E-state index in [1.807, 2.05) is 11.8 Å². The molecule has 3 aliphatic rings. The van der Waals surface area contributed by atoms with E-state index in [0.29, 0.717) is 18.2 Å². The quantitative estimate of drug-likeness (QED) is 0.731. The lowest BCUT2D eigenvalue weighted by Crippen LogP contribution is -3.17. The highest BCUT2D eigenvalue weighted by atomic mass is 16.5. The molecule has 0 spiro atoms. The van der Waals surface area contributed by atoms with Gasteiger partial charge in [-0.2, -0.15) is 0 Å². The molecule has 3 amide bonds. The Balaban J connectivity index is 1.35. The zero-order valence-corrected chi connectivity index (χ0v) is 17.8. The van der Waals surface area contributed by atoms with Crippen molar-refractivity contribution < 1.29 is 24.0 Å². The molecule has 30 heavy (non-hydrogen) atoms. The molecule has 1 atom stereocenters. The highest BCUT2D eigenvalue weighted by Crippen LogP contribution is 2.25. The molecular formula is C23H32N3O4+. The first-order valence-corrected chi connectivity index (χ1v) is 11.3. The topological polar surface area (TPSA) is 71.4 Å². The van der Waals surface area contributed by atoms with E-state index in [9.17, 15) is 14.4 Å². The minimum absolute atomic E-state index is 0.0706. The zero-order valence-electron chi connectivity index (χ0n) is 17.8. The van der Waals surface area contributed by atoms with Gasteiger partial charge in [-0.15, -0.1) is 0 Å².